The molecular formula is C30H20BrN. The Morgan fingerprint density at radius 3 is 1.56 bits per heavy atom. The molecule has 32 heavy (non-hydrogen) atoms. The van der Waals surface area contributed by atoms with Gasteiger partial charge in [0, 0.05) is 20.9 Å². The van der Waals surface area contributed by atoms with Gasteiger partial charge < -0.3 is 4.57 Å². The normalized spacial score (nSPS) is 11.3. The second kappa shape index (κ2) is 7.81. The van der Waals surface area contributed by atoms with Crippen molar-refractivity contribution in [3.63, 3.8) is 0 Å². The molecule has 2 heteroatoms. The predicted molar refractivity (Wildman–Crippen MR) is 139 cm³/mol. The summed E-state index contributed by atoms with van der Waals surface area (Å²) >= 11 is 3.72. The molecule has 1 nitrogen and oxygen atoms in total. The first-order valence-corrected chi connectivity index (χ1v) is 11.5. The zero-order valence-corrected chi connectivity index (χ0v) is 19.0. The van der Waals surface area contributed by atoms with Gasteiger partial charge >= 0.3 is 0 Å². The van der Waals surface area contributed by atoms with E-state index in [0.29, 0.717) is 0 Å². The van der Waals surface area contributed by atoms with Crippen LogP contribution in [0.2, 0.25) is 0 Å². The first kappa shape index (κ1) is 19.1. The van der Waals surface area contributed by atoms with Crippen molar-refractivity contribution in [2.45, 2.75) is 0 Å². The number of aromatic nitrogens is 1. The second-order valence-electron chi connectivity index (χ2n) is 7.94. The molecule has 6 rings (SSSR count). The van der Waals surface area contributed by atoms with Crippen molar-refractivity contribution in [3.05, 3.63) is 126 Å². The van der Waals surface area contributed by atoms with Crippen LogP contribution in [0, 0.1) is 0 Å². The summed E-state index contributed by atoms with van der Waals surface area (Å²) < 4.78 is 3.46. The van der Waals surface area contributed by atoms with Crippen molar-refractivity contribution in [2.24, 2.45) is 0 Å². The largest absolute Gasteiger partial charge is 0.309 e. The number of nitrogens with zero attached hydrogens (tertiary/aromatic N) is 1. The van der Waals surface area contributed by atoms with Gasteiger partial charge in [-0.3, -0.25) is 0 Å². The monoisotopic (exact) mass is 473 g/mol. The lowest BCUT2D eigenvalue weighted by atomic mass is 9.94. The third kappa shape index (κ3) is 3.07. The number of para-hydroxylation sites is 2. The molecule has 0 radical (unpaired) electrons. The number of hydrogen-bond acceptors (Lipinski definition) is 0. The maximum Gasteiger partial charge on any atom is 0.0541 e. The van der Waals surface area contributed by atoms with E-state index in [-0.39, 0.29) is 0 Å². The average molecular weight is 474 g/mol. The highest BCUT2D eigenvalue weighted by atomic mass is 79.9. The molecule has 6 aromatic rings. The van der Waals surface area contributed by atoms with Crippen LogP contribution in [0.15, 0.2) is 126 Å². The van der Waals surface area contributed by atoms with Crippen LogP contribution >= 0.6 is 15.9 Å². The molecule has 0 N–H and O–H groups in total. The number of hydrogen-bond donors (Lipinski definition) is 0. The molecule has 0 aliphatic carbocycles. The van der Waals surface area contributed by atoms with Crippen molar-refractivity contribution < 1.29 is 0 Å². The Morgan fingerprint density at radius 1 is 0.438 bits per heavy atom. The molecule has 1 aromatic heterocycles. The smallest absolute Gasteiger partial charge is 0.0541 e. The highest BCUT2D eigenvalue weighted by molar-refractivity contribution is 9.10. The van der Waals surface area contributed by atoms with E-state index in [4.69, 9.17) is 0 Å². The standard InChI is InChI=1S/C30H20BrN/c31-28-14-6-3-11-25(28)24-10-2-1-9-23(24)21-17-19-22(20-18-21)32-29-15-7-4-12-26(29)27-13-5-8-16-30(27)32/h1-20H. The van der Waals surface area contributed by atoms with Gasteiger partial charge in [-0.2, -0.15) is 0 Å². The lowest BCUT2D eigenvalue weighted by molar-refractivity contribution is 1.18. The molecule has 5 aromatic carbocycles. The van der Waals surface area contributed by atoms with Crippen LogP contribution in [0.4, 0.5) is 0 Å². The third-order valence-corrected chi connectivity index (χ3v) is 6.80. The Bertz CT molecular complexity index is 1520. The van der Waals surface area contributed by atoms with Crippen LogP contribution in [0.3, 0.4) is 0 Å². The lowest BCUT2D eigenvalue weighted by Crippen LogP contribution is -1.94. The SMILES string of the molecule is Brc1ccccc1-c1ccccc1-c1ccc(-n2c3ccccc3c3ccccc32)cc1. The Kier molecular flexibility index (Phi) is 4.66. The van der Waals surface area contributed by atoms with E-state index in [1.165, 1.54) is 49.7 Å². The minimum Gasteiger partial charge on any atom is -0.309 e. The van der Waals surface area contributed by atoms with E-state index in [1.807, 2.05) is 0 Å². The van der Waals surface area contributed by atoms with E-state index >= 15 is 0 Å². The van der Waals surface area contributed by atoms with Crippen LogP contribution in [0.25, 0.3) is 49.7 Å². The average Bonchev–Trinajstić information content (AvgIpc) is 3.19. The molecule has 152 valence electrons. The Morgan fingerprint density at radius 2 is 0.938 bits per heavy atom. The van der Waals surface area contributed by atoms with Gasteiger partial charge in [-0.15, -0.1) is 0 Å². The zero-order chi connectivity index (χ0) is 21.5. The maximum absolute atomic E-state index is 3.72. The van der Waals surface area contributed by atoms with E-state index in [2.05, 4.69) is 142 Å². The van der Waals surface area contributed by atoms with Gasteiger partial charge in [-0.1, -0.05) is 107 Å². The van der Waals surface area contributed by atoms with Crippen molar-refractivity contribution in [1.82, 2.24) is 4.57 Å². The van der Waals surface area contributed by atoms with Gasteiger partial charge in [-0.05, 0) is 52.6 Å². The quantitative estimate of drug-likeness (QED) is 0.241. The van der Waals surface area contributed by atoms with Crippen molar-refractivity contribution in [3.8, 4) is 27.9 Å². The first-order valence-electron chi connectivity index (χ1n) is 10.7. The number of rotatable bonds is 3. The summed E-state index contributed by atoms with van der Waals surface area (Å²) in [6, 6.07) is 43.2. The van der Waals surface area contributed by atoms with Crippen LogP contribution in [0.5, 0.6) is 0 Å². The van der Waals surface area contributed by atoms with E-state index in [9.17, 15) is 0 Å². The number of halogens is 1. The Balaban J connectivity index is 1.50. The minimum atomic E-state index is 1.11. The predicted octanol–water partition coefficient (Wildman–Crippen LogP) is 8.88. The molecule has 0 fully saturated rings. The molecule has 0 aliphatic rings. The summed E-state index contributed by atoms with van der Waals surface area (Å²) in [5.41, 5.74) is 8.50. The molecule has 0 amide bonds. The summed E-state index contributed by atoms with van der Waals surface area (Å²) in [5, 5.41) is 2.57. The molecule has 0 saturated heterocycles. The van der Waals surface area contributed by atoms with Crippen LogP contribution < -0.4 is 0 Å². The molecule has 0 unspecified atom stereocenters. The molecule has 1 heterocycles. The lowest BCUT2D eigenvalue weighted by Gasteiger charge is -2.13. The Hall–Kier alpha value is -3.62. The molecular weight excluding hydrogens is 454 g/mol. The highest BCUT2D eigenvalue weighted by Crippen LogP contribution is 2.37. The van der Waals surface area contributed by atoms with Gasteiger partial charge in [0.2, 0.25) is 0 Å². The van der Waals surface area contributed by atoms with E-state index in [0.717, 1.165) is 4.47 Å². The molecule has 0 saturated carbocycles. The van der Waals surface area contributed by atoms with Gasteiger partial charge in [0.15, 0.2) is 0 Å². The summed E-state index contributed by atoms with van der Waals surface area (Å²) in [6.07, 6.45) is 0. The fourth-order valence-electron chi connectivity index (χ4n) is 4.64. The maximum atomic E-state index is 3.72. The molecule has 0 atom stereocenters. The van der Waals surface area contributed by atoms with Crippen molar-refractivity contribution >= 4 is 37.7 Å². The number of fused-ring (bicyclic) bond motifs is 3. The van der Waals surface area contributed by atoms with Gasteiger partial charge in [-0.25, -0.2) is 0 Å². The van der Waals surface area contributed by atoms with Crippen LogP contribution in [0.1, 0.15) is 0 Å². The summed E-state index contributed by atoms with van der Waals surface area (Å²) in [7, 11) is 0. The fourth-order valence-corrected chi connectivity index (χ4v) is 5.14. The number of benzene rings is 5. The van der Waals surface area contributed by atoms with Gasteiger partial charge in [0.1, 0.15) is 0 Å². The van der Waals surface area contributed by atoms with Gasteiger partial charge in [0.25, 0.3) is 0 Å². The van der Waals surface area contributed by atoms with Crippen LogP contribution in [-0.2, 0) is 0 Å². The summed E-state index contributed by atoms with van der Waals surface area (Å²) in [5.74, 6) is 0. The highest BCUT2D eigenvalue weighted by Gasteiger charge is 2.13. The summed E-state index contributed by atoms with van der Waals surface area (Å²) in [4.78, 5) is 0. The summed E-state index contributed by atoms with van der Waals surface area (Å²) in [6.45, 7) is 0. The van der Waals surface area contributed by atoms with Gasteiger partial charge in [0.05, 0.1) is 11.0 Å². The first-order chi connectivity index (χ1) is 15.8. The fraction of sp³-hybridized carbons (Fsp3) is 0. The second-order valence-corrected chi connectivity index (χ2v) is 8.80. The van der Waals surface area contributed by atoms with Crippen LogP contribution in [-0.4, -0.2) is 4.57 Å². The molecule has 0 aliphatic heterocycles. The van der Waals surface area contributed by atoms with Crippen molar-refractivity contribution in [2.75, 3.05) is 0 Å². The molecule has 0 bridgehead atoms. The van der Waals surface area contributed by atoms with E-state index < -0.39 is 0 Å². The van der Waals surface area contributed by atoms with Crippen molar-refractivity contribution in [1.29, 1.82) is 0 Å². The molecule has 0 spiro atoms. The minimum absolute atomic E-state index is 1.11. The third-order valence-electron chi connectivity index (χ3n) is 6.11. The topological polar surface area (TPSA) is 4.93 Å². The Labute approximate surface area is 195 Å². The van der Waals surface area contributed by atoms with E-state index in [1.54, 1.807) is 0 Å². The zero-order valence-electron chi connectivity index (χ0n) is 17.4.